The maximum Gasteiger partial charge on any atom is 0.123 e. The molecule has 0 saturated heterocycles. The quantitative estimate of drug-likeness (QED) is 0.793. The summed E-state index contributed by atoms with van der Waals surface area (Å²) >= 11 is 0. The molecule has 0 bridgehead atoms. The molecule has 0 aliphatic rings. The number of rotatable bonds is 3. The molecular formula is C14H12O2. The molecule has 0 spiro atoms. The average Bonchev–Trinajstić information content (AvgIpc) is 2.29. The fraction of sp³-hybridized carbons (Fsp3) is 0.0714. The minimum atomic E-state index is 0.275. The molecule has 80 valence electrons. The lowest BCUT2D eigenvalue weighted by molar-refractivity contribution is -0.107. The summed E-state index contributed by atoms with van der Waals surface area (Å²) in [6.07, 6.45) is 5.05. The van der Waals surface area contributed by atoms with Crippen molar-refractivity contribution in [2.45, 2.75) is 6.42 Å². The van der Waals surface area contributed by atoms with Gasteiger partial charge in [0.15, 0.2) is 0 Å². The van der Waals surface area contributed by atoms with Gasteiger partial charge in [0, 0.05) is 6.42 Å². The number of fused-ring (bicyclic) bond motifs is 1. The second-order valence-corrected chi connectivity index (χ2v) is 3.60. The third kappa shape index (κ3) is 2.28. The number of benzene rings is 2. The van der Waals surface area contributed by atoms with E-state index in [9.17, 15) is 9.90 Å². The SMILES string of the molecule is O=CCC=Cc1ccc2cc(O)ccc2c1. The van der Waals surface area contributed by atoms with Gasteiger partial charge < -0.3 is 9.90 Å². The minimum absolute atomic E-state index is 0.275. The minimum Gasteiger partial charge on any atom is -0.508 e. The normalized spacial score (nSPS) is 11.0. The molecular weight excluding hydrogens is 200 g/mol. The Balaban J connectivity index is 2.36. The van der Waals surface area contributed by atoms with Gasteiger partial charge in [-0.2, -0.15) is 0 Å². The summed E-state index contributed by atoms with van der Waals surface area (Å²) in [6, 6.07) is 11.2. The number of aldehydes is 1. The van der Waals surface area contributed by atoms with E-state index in [2.05, 4.69) is 0 Å². The first-order valence-corrected chi connectivity index (χ1v) is 5.12. The van der Waals surface area contributed by atoms with E-state index in [1.54, 1.807) is 12.1 Å². The Bertz CT molecular complexity index is 541. The van der Waals surface area contributed by atoms with E-state index >= 15 is 0 Å². The fourth-order valence-electron chi connectivity index (χ4n) is 1.61. The Hall–Kier alpha value is -2.09. The van der Waals surface area contributed by atoms with Gasteiger partial charge in [0.25, 0.3) is 0 Å². The monoisotopic (exact) mass is 212 g/mol. The first-order chi connectivity index (χ1) is 7.79. The van der Waals surface area contributed by atoms with Crippen LogP contribution in [0.4, 0.5) is 0 Å². The number of carbonyl (C=O) groups excluding carboxylic acids is 1. The highest BCUT2D eigenvalue weighted by Crippen LogP contribution is 2.21. The van der Waals surface area contributed by atoms with Crippen molar-refractivity contribution in [2.24, 2.45) is 0 Å². The number of hydrogen-bond acceptors (Lipinski definition) is 2. The van der Waals surface area contributed by atoms with Crippen LogP contribution in [0.2, 0.25) is 0 Å². The average molecular weight is 212 g/mol. The Morgan fingerprint density at radius 2 is 1.81 bits per heavy atom. The van der Waals surface area contributed by atoms with Gasteiger partial charge in [0.2, 0.25) is 0 Å². The zero-order valence-electron chi connectivity index (χ0n) is 8.76. The molecule has 0 unspecified atom stereocenters. The molecule has 2 rings (SSSR count). The Morgan fingerprint density at radius 1 is 1.06 bits per heavy atom. The van der Waals surface area contributed by atoms with Crippen molar-refractivity contribution in [2.75, 3.05) is 0 Å². The van der Waals surface area contributed by atoms with Crippen LogP contribution in [-0.4, -0.2) is 11.4 Å². The summed E-state index contributed by atoms with van der Waals surface area (Å²) in [5.41, 5.74) is 1.06. The number of hydrogen-bond donors (Lipinski definition) is 1. The second kappa shape index (κ2) is 4.62. The number of phenolic OH excluding ortho intramolecular Hbond substituents is 1. The van der Waals surface area contributed by atoms with Gasteiger partial charge in [-0.3, -0.25) is 0 Å². The highest BCUT2D eigenvalue weighted by atomic mass is 16.3. The van der Waals surface area contributed by atoms with Crippen LogP contribution in [0.25, 0.3) is 16.8 Å². The van der Waals surface area contributed by atoms with E-state index in [-0.39, 0.29) is 5.75 Å². The molecule has 2 aromatic rings. The summed E-state index contributed by atoms with van der Waals surface area (Å²) in [5, 5.41) is 11.4. The number of carbonyl (C=O) groups is 1. The lowest BCUT2D eigenvalue weighted by Crippen LogP contribution is -1.76. The van der Waals surface area contributed by atoms with Gasteiger partial charge in [0.1, 0.15) is 12.0 Å². The number of allylic oxidation sites excluding steroid dienone is 1. The predicted octanol–water partition coefficient (Wildman–Crippen LogP) is 3.15. The first kappa shape index (κ1) is 10.4. The molecule has 0 heterocycles. The largest absolute Gasteiger partial charge is 0.508 e. The molecule has 2 nitrogen and oxygen atoms in total. The van der Waals surface area contributed by atoms with Crippen LogP contribution < -0.4 is 0 Å². The third-order valence-corrected chi connectivity index (χ3v) is 2.39. The van der Waals surface area contributed by atoms with Crippen LogP contribution in [-0.2, 0) is 4.79 Å². The maximum absolute atomic E-state index is 10.2. The molecule has 2 heteroatoms. The van der Waals surface area contributed by atoms with Crippen LogP contribution in [0.5, 0.6) is 5.75 Å². The molecule has 0 fully saturated rings. The molecule has 16 heavy (non-hydrogen) atoms. The van der Waals surface area contributed by atoms with Gasteiger partial charge in [-0.15, -0.1) is 0 Å². The van der Waals surface area contributed by atoms with Crippen molar-refractivity contribution in [3.05, 3.63) is 48.0 Å². The van der Waals surface area contributed by atoms with E-state index in [4.69, 9.17) is 0 Å². The van der Waals surface area contributed by atoms with Crippen LogP contribution in [0.3, 0.4) is 0 Å². The lowest BCUT2D eigenvalue weighted by Gasteiger charge is -2.00. The molecule has 0 aromatic heterocycles. The van der Waals surface area contributed by atoms with Crippen LogP contribution in [0.1, 0.15) is 12.0 Å². The Morgan fingerprint density at radius 3 is 2.62 bits per heavy atom. The summed E-state index contributed by atoms with van der Waals surface area (Å²) in [5.74, 6) is 0.275. The smallest absolute Gasteiger partial charge is 0.123 e. The van der Waals surface area contributed by atoms with Crippen molar-refractivity contribution in [1.82, 2.24) is 0 Å². The van der Waals surface area contributed by atoms with E-state index in [0.717, 1.165) is 22.6 Å². The third-order valence-electron chi connectivity index (χ3n) is 2.39. The summed E-state index contributed by atoms with van der Waals surface area (Å²) in [6.45, 7) is 0. The molecule has 0 aliphatic heterocycles. The topological polar surface area (TPSA) is 37.3 Å². The van der Waals surface area contributed by atoms with E-state index in [1.165, 1.54) is 0 Å². The van der Waals surface area contributed by atoms with E-state index in [0.29, 0.717) is 6.42 Å². The molecule has 0 radical (unpaired) electrons. The fourth-order valence-corrected chi connectivity index (χ4v) is 1.61. The van der Waals surface area contributed by atoms with Gasteiger partial charge in [-0.05, 0) is 34.5 Å². The molecule has 1 N–H and O–H groups in total. The van der Waals surface area contributed by atoms with Gasteiger partial charge >= 0.3 is 0 Å². The van der Waals surface area contributed by atoms with Crippen molar-refractivity contribution in [3.63, 3.8) is 0 Å². The standard InChI is InChI=1S/C14H12O2/c15-8-2-1-3-11-4-5-13-10-14(16)7-6-12(13)9-11/h1,3-10,16H,2H2. The Kier molecular flexibility index (Phi) is 3.01. The van der Waals surface area contributed by atoms with E-state index in [1.807, 2.05) is 36.4 Å². The highest BCUT2D eigenvalue weighted by Gasteiger charge is 1.95. The van der Waals surface area contributed by atoms with Gasteiger partial charge in [-0.1, -0.05) is 30.4 Å². The molecule has 0 atom stereocenters. The van der Waals surface area contributed by atoms with Crippen molar-refractivity contribution in [1.29, 1.82) is 0 Å². The van der Waals surface area contributed by atoms with Crippen molar-refractivity contribution < 1.29 is 9.90 Å². The van der Waals surface area contributed by atoms with Gasteiger partial charge in [-0.25, -0.2) is 0 Å². The van der Waals surface area contributed by atoms with Crippen LogP contribution in [0, 0.1) is 0 Å². The first-order valence-electron chi connectivity index (χ1n) is 5.12. The number of phenols is 1. The zero-order valence-corrected chi connectivity index (χ0v) is 8.76. The Labute approximate surface area is 93.8 Å². The summed E-state index contributed by atoms with van der Waals surface area (Å²) in [4.78, 5) is 10.2. The highest BCUT2D eigenvalue weighted by molar-refractivity contribution is 5.86. The zero-order chi connectivity index (χ0) is 11.4. The summed E-state index contributed by atoms with van der Waals surface area (Å²) < 4.78 is 0. The van der Waals surface area contributed by atoms with Gasteiger partial charge in [0.05, 0.1) is 0 Å². The van der Waals surface area contributed by atoms with Crippen molar-refractivity contribution >= 4 is 23.1 Å². The predicted molar refractivity (Wildman–Crippen MR) is 65.3 cm³/mol. The number of aromatic hydroxyl groups is 1. The maximum atomic E-state index is 10.2. The molecule has 0 saturated carbocycles. The van der Waals surface area contributed by atoms with Crippen molar-refractivity contribution in [3.8, 4) is 5.75 Å². The van der Waals surface area contributed by atoms with E-state index < -0.39 is 0 Å². The van der Waals surface area contributed by atoms with Crippen LogP contribution >= 0.6 is 0 Å². The molecule has 2 aromatic carbocycles. The lowest BCUT2D eigenvalue weighted by atomic mass is 10.1. The second-order valence-electron chi connectivity index (χ2n) is 3.60. The molecule has 0 amide bonds. The summed E-state index contributed by atoms with van der Waals surface area (Å²) in [7, 11) is 0. The molecule has 0 aliphatic carbocycles. The van der Waals surface area contributed by atoms with Crippen LogP contribution in [0.15, 0.2) is 42.5 Å².